The smallest absolute Gasteiger partial charge is 0.0647 e. The zero-order valence-electron chi connectivity index (χ0n) is 11.9. The van der Waals surface area contributed by atoms with E-state index in [0.717, 1.165) is 12.8 Å². The van der Waals surface area contributed by atoms with Gasteiger partial charge in [0.2, 0.25) is 0 Å². The van der Waals surface area contributed by atoms with E-state index in [4.69, 9.17) is 0 Å². The molecule has 0 aliphatic carbocycles. The maximum atomic E-state index is 3.85. The Kier molecular flexibility index (Phi) is 4.81. The first-order chi connectivity index (χ1) is 9.17. The van der Waals surface area contributed by atoms with Crippen LogP contribution in [0.25, 0.3) is 0 Å². The fourth-order valence-electron chi connectivity index (χ4n) is 2.53. The number of rotatable bonds is 4. The second kappa shape index (κ2) is 6.38. The molecule has 19 heavy (non-hydrogen) atoms. The number of halogens is 1. The Morgan fingerprint density at radius 1 is 0.947 bits per heavy atom. The lowest BCUT2D eigenvalue weighted by Crippen LogP contribution is -1.99. The van der Waals surface area contributed by atoms with E-state index in [9.17, 15) is 0 Å². The van der Waals surface area contributed by atoms with Gasteiger partial charge in [-0.25, -0.2) is 0 Å². The lowest BCUT2D eigenvalue weighted by Gasteiger charge is -2.16. The summed E-state index contributed by atoms with van der Waals surface area (Å²) in [6, 6.07) is 15.5. The van der Waals surface area contributed by atoms with E-state index in [1.807, 2.05) is 0 Å². The highest BCUT2D eigenvalue weighted by molar-refractivity contribution is 9.09. The van der Waals surface area contributed by atoms with E-state index in [0.29, 0.717) is 0 Å². The van der Waals surface area contributed by atoms with Gasteiger partial charge < -0.3 is 0 Å². The first-order valence-electron chi connectivity index (χ1n) is 6.98. The highest BCUT2D eigenvalue weighted by Crippen LogP contribution is 2.33. The van der Waals surface area contributed by atoms with Crippen LogP contribution in [0.1, 0.15) is 46.5 Å². The summed E-state index contributed by atoms with van der Waals surface area (Å²) in [5.74, 6) is 0. The maximum absolute atomic E-state index is 3.85. The molecule has 1 unspecified atom stereocenters. The van der Waals surface area contributed by atoms with E-state index >= 15 is 0 Å². The molecule has 0 spiro atoms. The largest absolute Gasteiger partial charge is 0.0786 e. The lowest BCUT2D eigenvalue weighted by atomic mass is 9.95. The normalized spacial score (nSPS) is 12.4. The first-order valence-corrected chi connectivity index (χ1v) is 7.90. The average Bonchev–Trinajstić information content (AvgIpc) is 2.46. The third-order valence-corrected chi connectivity index (χ3v) is 4.77. The molecule has 0 nitrogen and oxygen atoms in total. The standard InChI is InChI=1S/C18H21Br/c1-4-14-10-11-16(12-15(14)5-2)18(19)17-9-7-6-8-13(17)3/h6-12,18H,4-5H2,1-3H3. The first kappa shape index (κ1) is 14.3. The molecule has 2 aromatic rings. The summed E-state index contributed by atoms with van der Waals surface area (Å²) in [5, 5.41) is 0. The van der Waals surface area contributed by atoms with Crippen molar-refractivity contribution in [3.63, 3.8) is 0 Å². The van der Waals surface area contributed by atoms with E-state index in [-0.39, 0.29) is 4.83 Å². The molecule has 0 bridgehead atoms. The van der Waals surface area contributed by atoms with Crippen molar-refractivity contribution in [3.8, 4) is 0 Å². The van der Waals surface area contributed by atoms with Gasteiger partial charge in [-0.15, -0.1) is 0 Å². The van der Waals surface area contributed by atoms with Crippen LogP contribution in [-0.4, -0.2) is 0 Å². The van der Waals surface area contributed by atoms with Crippen LogP contribution in [0, 0.1) is 6.92 Å². The van der Waals surface area contributed by atoms with Crippen LogP contribution in [-0.2, 0) is 12.8 Å². The molecule has 0 fully saturated rings. The van der Waals surface area contributed by atoms with Crippen LogP contribution in [0.4, 0.5) is 0 Å². The summed E-state index contributed by atoms with van der Waals surface area (Å²) in [7, 11) is 0. The van der Waals surface area contributed by atoms with E-state index in [1.54, 1.807) is 0 Å². The average molecular weight is 317 g/mol. The molecular weight excluding hydrogens is 296 g/mol. The molecule has 1 atom stereocenters. The molecule has 2 rings (SSSR count). The summed E-state index contributed by atoms with van der Waals surface area (Å²) >= 11 is 3.85. The second-order valence-corrected chi connectivity index (χ2v) is 5.87. The number of hydrogen-bond donors (Lipinski definition) is 0. The van der Waals surface area contributed by atoms with Crippen molar-refractivity contribution in [1.82, 2.24) is 0 Å². The highest BCUT2D eigenvalue weighted by Gasteiger charge is 2.13. The van der Waals surface area contributed by atoms with Crippen LogP contribution in [0.3, 0.4) is 0 Å². The van der Waals surface area contributed by atoms with Crippen molar-refractivity contribution in [2.24, 2.45) is 0 Å². The van der Waals surface area contributed by atoms with Crippen LogP contribution < -0.4 is 0 Å². The Morgan fingerprint density at radius 3 is 2.26 bits per heavy atom. The molecule has 0 aliphatic rings. The molecule has 0 aromatic heterocycles. The fraction of sp³-hybridized carbons (Fsp3) is 0.333. The van der Waals surface area contributed by atoms with Gasteiger partial charge in [-0.2, -0.15) is 0 Å². The minimum atomic E-state index is 0.282. The summed E-state index contributed by atoms with van der Waals surface area (Å²) in [5.41, 5.74) is 6.98. The predicted octanol–water partition coefficient (Wildman–Crippen LogP) is 5.60. The topological polar surface area (TPSA) is 0 Å². The summed E-state index contributed by atoms with van der Waals surface area (Å²) in [6.07, 6.45) is 2.21. The third kappa shape index (κ3) is 3.09. The van der Waals surface area contributed by atoms with Crippen molar-refractivity contribution in [3.05, 3.63) is 70.3 Å². The molecule has 0 saturated carbocycles. The van der Waals surface area contributed by atoms with Gasteiger partial charge in [-0.05, 0) is 47.6 Å². The monoisotopic (exact) mass is 316 g/mol. The Bertz CT molecular complexity index is 557. The lowest BCUT2D eigenvalue weighted by molar-refractivity contribution is 1.02. The van der Waals surface area contributed by atoms with Gasteiger partial charge in [-0.1, -0.05) is 72.2 Å². The molecule has 0 amide bonds. The zero-order valence-corrected chi connectivity index (χ0v) is 13.5. The Morgan fingerprint density at radius 2 is 1.63 bits per heavy atom. The van der Waals surface area contributed by atoms with Gasteiger partial charge >= 0.3 is 0 Å². The third-order valence-electron chi connectivity index (χ3n) is 3.75. The van der Waals surface area contributed by atoms with Crippen LogP contribution in [0.5, 0.6) is 0 Å². The number of benzene rings is 2. The van der Waals surface area contributed by atoms with E-state index < -0.39 is 0 Å². The van der Waals surface area contributed by atoms with Gasteiger partial charge in [0, 0.05) is 0 Å². The summed E-state index contributed by atoms with van der Waals surface area (Å²) < 4.78 is 0. The zero-order chi connectivity index (χ0) is 13.8. The minimum absolute atomic E-state index is 0.282. The minimum Gasteiger partial charge on any atom is -0.0786 e. The molecule has 0 saturated heterocycles. The van der Waals surface area contributed by atoms with Crippen LogP contribution in [0.2, 0.25) is 0 Å². The number of alkyl halides is 1. The van der Waals surface area contributed by atoms with Crippen molar-refractivity contribution >= 4 is 15.9 Å². The Hall–Kier alpha value is -1.08. The van der Waals surface area contributed by atoms with Crippen LogP contribution in [0.15, 0.2) is 42.5 Å². The van der Waals surface area contributed by atoms with E-state index in [1.165, 1.54) is 27.8 Å². The van der Waals surface area contributed by atoms with Gasteiger partial charge in [0.1, 0.15) is 0 Å². The maximum Gasteiger partial charge on any atom is 0.0647 e. The van der Waals surface area contributed by atoms with Crippen molar-refractivity contribution < 1.29 is 0 Å². The number of hydrogen-bond acceptors (Lipinski definition) is 0. The fourth-order valence-corrected chi connectivity index (χ4v) is 3.33. The molecular formula is C18H21Br. The Labute approximate surface area is 125 Å². The molecule has 0 radical (unpaired) electrons. The van der Waals surface area contributed by atoms with Crippen molar-refractivity contribution in [1.29, 1.82) is 0 Å². The summed E-state index contributed by atoms with van der Waals surface area (Å²) in [6.45, 7) is 6.63. The summed E-state index contributed by atoms with van der Waals surface area (Å²) in [4.78, 5) is 0.282. The molecule has 0 N–H and O–H groups in total. The quantitative estimate of drug-likeness (QED) is 0.644. The van der Waals surface area contributed by atoms with Gasteiger partial charge in [-0.3, -0.25) is 0 Å². The molecule has 2 aromatic carbocycles. The van der Waals surface area contributed by atoms with Gasteiger partial charge in [0.25, 0.3) is 0 Å². The molecule has 0 heterocycles. The molecule has 100 valence electrons. The SMILES string of the molecule is CCc1ccc(C(Br)c2ccccc2C)cc1CC. The number of aryl methyl sites for hydroxylation is 3. The van der Waals surface area contributed by atoms with Gasteiger partial charge in [0.15, 0.2) is 0 Å². The molecule has 1 heteroatoms. The Balaban J connectivity index is 2.39. The highest BCUT2D eigenvalue weighted by atomic mass is 79.9. The van der Waals surface area contributed by atoms with Gasteiger partial charge in [0.05, 0.1) is 4.83 Å². The van der Waals surface area contributed by atoms with Crippen molar-refractivity contribution in [2.45, 2.75) is 38.4 Å². The van der Waals surface area contributed by atoms with Crippen LogP contribution >= 0.6 is 15.9 Å². The van der Waals surface area contributed by atoms with E-state index in [2.05, 4.69) is 79.2 Å². The second-order valence-electron chi connectivity index (χ2n) is 4.95. The predicted molar refractivity (Wildman–Crippen MR) is 87.1 cm³/mol. The van der Waals surface area contributed by atoms with Crippen molar-refractivity contribution in [2.75, 3.05) is 0 Å². The molecule has 0 aliphatic heterocycles.